The molecule has 0 bridgehead atoms. The van der Waals surface area contributed by atoms with Gasteiger partial charge < -0.3 is 10.1 Å². The first-order valence-electron chi connectivity index (χ1n) is 8.20. The number of morpholine rings is 1. The molecule has 19 heavy (non-hydrogen) atoms. The summed E-state index contributed by atoms with van der Waals surface area (Å²) in [7, 11) is 0. The van der Waals surface area contributed by atoms with Gasteiger partial charge in [0.1, 0.15) is 0 Å². The van der Waals surface area contributed by atoms with Gasteiger partial charge in [0.2, 0.25) is 0 Å². The normalized spacial score (nSPS) is 24.2. The van der Waals surface area contributed by atoms with Gasteiger partial charge in [-0.3, -0.25) is 4.90 Å². The highest BCUT2D eigenvalue weighted by molar-refractivity contribution is 4.96. The van der Waals surface area contributed by atoms with E-state index in [-0.39, 0.29) is 5.54 Å². The Labute approximate surface area is 119 Å². The molecule has 1 saturated heterocycles. The highest BCUT2D eigenvalue weighted by Crippen LogP contribution is 2.34. The van der Waals surface area contributed by atoms with Crippen LogP contribution in [0, 0.1) is 5.92 Å². The van der Waals surface area contributed by atoms with Gasteiger partial charge in [0.05, 0.1) is 13.2 Å². The molecule has 3 heteroatoms. The van der Waals surface area contributed by atoms with Gasteiger partial charge in [0, 0.05) is 24.7 Å². The van der Waals surface area contributed by atoms with Crippen molar-refractivity contribution in [1.29, 1.82) is 0 Å². The van der Waals surface area contributed by atoms with E-state index in [1.54, 1.807) is 0 Å². The Morgan fingerprint density at radius 2 is 1.95 bits per heavy atom. The summed E-state index contributed by atoms with van der Waals surface area (Å²) in [5.41, 5.74) is 0.245. The van der Waals surface area contributed by atoms with Crippen LogP contribution in [-0.4, -0.2) is 49.3 Å². The zero-order valence-corrected chi connectivity index (χ0v) is 13.1. The molecule has 112 valence electrons. The first kappa shape index (κ1) is 15.3. The van der Waals surface area contributed by atoms with Crippen LogP contribution < -0.4 is 5.32 Å². The Balaban J connectivity index is 1.95. The molecule has 2 fully saturated rings. The minimum atomic E-state index is 0.245. The lowest BCUT2D eigenvalue weighted by Crippen LogP contribution is -2.61. The zero-order chi connectivity index (χ0) is 13.7. The molecular weight excluding hydrogens is 236 g/mol. The van der Waals surface area contributed by atoms with Crippen LogP contribution >= 0.6 is 0 Å². The van der Waals surface area contributed by atoms with E-state index in [9.17, 15) is 0 Å². The summed E-state index contributed by atoms with van der Waals surface area (Å²) >= 11 is 0. The number of nitrogens with one attached hydrogen (secondary N) is 1. The molecule has 0 aromatic heterocycles. The lowest BCUT2D eigenvalue weighted by atomic mass is 9.76. The monoisotopic (exact) mass is 268 g/mol. The third-order valence-corrected chi connectivity index (χ3v) is 5.11. The van der Waals surface area contributed by atoms with Crippen molar-refractivity contribution >= 4 is 0 Å². The molecule has 0 radical (unpaired) electrons. The molecule has 1 aliphatic heterocycles. The van der Waals surface area contributed by atoms with Crippen LogP contribution in [-0.2, 0) is 4.74 Å². The van der Waals surface area contributed by atoms with E-state index in [1.807, 2.05) is 0 Å². The number of ether oxygens (including phenoxy) is 1. The molecule has 1 heterocycles. The largest absolute Gasteiger partial charge is 0.379 e. The fraction of sp³-hybridized carbons (Fsp3) is 1.00. The molecule has 1 unspecified atom stereocenters. The molecule has 0 spiro atoms. The summed E-state index contributed by atoms with van der Waals surface area (Å²) in [5, 5.41) is 3.82. The van der Waals surface area contributed by atoms with Gasteiger partial charge in [-0.2, -0.15) is 0 Å². The van der Waals surface area contributed by atoms with Crippen molar-refractivity contribution in [2.75, 3.05) is 32.8 Å². The summed E-state index contributed by atoms with van der Waals surface area (Å²) in [6.45, 7) is 12.2. The molecule has 2 rings (SSSR count). The summed E-state index contributed by atoms with van der Waals surface area (Å²) in [6, 6.07) is 0.621. The number of nitrogens with zero attached hydrogens (tertiary/aromatic N) is 1. The van der Waals surface area contributed by atoms with Gasteiger partial charge in [-0.05, 0) is 39.2 Å². The number of hydrogen-bond acceptors (Lipinski definition) is 3. The van der Waals surface area contributed by atoms with Crippen molar-refractivity contribution in [2.24, 2.45) is 5.92 Å². The van der Waals surface area contributed by atoms with Crippen LogP contribution in [0.1, 0.15) is 52.9 Å². The molecule has 3 nitrogen and oxygen atoms in total. The van der Waals surface area contributed by atoms with Crippen LogP contribution in [0.4, 0.5) is 0 Å². The predicted molar refractivity (Wildman–Crippen MR) is 80.5 cm³/mol. The van der Waals surface area contributed by atoms with Crippen molar-refractivity contribution in [3.8, 4) is 0 Å². The molecule has 0 aromatic rings. The van der Waals surface area contributed by atoms with E-state index in [2.05, 4.69) is 31.0 Å². The topological polar surface area (TPSA) is 24.5 Å². The maximum atomic E-state index is 5.51. The fourth-order valence-corrected chi connectivity index (χ4v) is 3.36. The highest BCUT2D eigenvalue weighted by Gasteiger charge is 2.37. The molecule has 1 N–H and O–H groups in total. The van der Waals surface area contributed by atoms with E-state index < -0.39 is 0 Å². The molecule has 2 aliphatic rings. The van der Waals surface area contributed by atoms with E-state index in [4.69, 9.17) is 4.74 Å². The van der Waals surface area contributed by atoms with Crippen LogP contribution in [0.15, 0.2) is 0 Å². The molecule has 0 amide bonds. The lowest BCUT2D eigenvalue weighted by molar-refractivity contribution is -0.0278. The van der Waals surface area contributed by atoms with Crippen LogP contribution in [0.3, 0.4) is 0 Å². The first-order chi connectivity index (χ1) is 9.14. The average Bonchev–Trinajstić information content (AvgIpc) is 2.37. The summed E-state index contributed by atoms with van der Waals surface area (Å²) in [4.78, 5) is 2.63. The summed E-state index contributed by atoms with van der Waals surface area (Å²) < 4.78 is 5.51. The second-order valence-electron chi connectivity index (χ2n) is 6.79. The molecule has 1 atom stereocenters. The lowest BCUT2D eigenvalue weighted by Gasteiger charge is -2.47. The van der Waals surface area contributed by atoms with E-state index in [0.717, 1.165) is 38.8 Å². The van der Waals surface area contributed by atoms with Crippen molar-refractivity contribution in [2.45, 2.75) is 64.5 Å². The Hall–Kier alpha value is -0.120. The Morgan fingerprint density at radius 3 is 2.47 bits per heavy atom. The van der Waals surface area contributed by atoms with Crippen LogP contribution in [0.2, 0.25) is 0 Å². The van der Waals surface area contributed by atoms with Gasteiger partial charge in [-0.1, -0.05) is 26.2 Å². The van der Waals surface area contributed by atoms with Gasteiger partial charge in [-0.25, -0.2) is 0 Å². The van der Waals surface area contributed by atoms with E-state index in [1.165, 1.54) is 32.1 Å². The molecule has 0 aromatic carbocycles. The quantitative estimate of drug-likeness (QED) is 0.768. The third kappa shape index (κ3) is 3.93. The van der Waals surface area contributed by atoms with E-state index in [0.29, 0.717) is 6.04 Å². The van der Waals surface area contributed by atoms with Crippen molar-refractivity contribution < 1.29 is 4.74 Å². The SMILES string of the molecule is CCCNC(CC1CCC1)C(C)(C)N1CCOCC1. The number of hydrogen-bond donors (Lipinski definition) is 1. The summed E-state index contributed by atoms with van der Waals surface area (Å²) in [5.74, 6) is 0.967. The van der Waals surface area contributed by atoms with Crippen molar-refractivity contribution in [3.63, 3.8) is 0 Å². The predicted octanol–water partition coefficient (Wildman–Crippen LogP) is 2.66. The third-order valence-electron chi connectivity index (χ3n) is 5.11. The second-order valence-corrected chi connectivity index (χ2v) is 6.79. The minimum absolute atomic E-state index is 0.245. The zero-order valence-electron chi connectivity index (χ0n) is 13.1. The number of rotatable bonds is 7. The van der Waals surface area contributed by atoms with Gasteiger partial charge >= 0.3 is 0 Å². The van der Waals surface area contributed by atoms with Crippen molar-refractivity contribution in [3.05, 3.63) is 0 Å². The Kier molecular flexibility index (Phi) is 5.67. The fourth-order valence-electron chi connectivity index (χ4n) is 3.36. The maximum Gasteiger partial charge on any atom is 0.0594 e. The Bertz CT molecular complexity index is 257. The highest BCUT2D eigenvalue weighted by atomic mass is 16.5. The van der Waals surface area contributed by atoms with Crippen molar-refractivity contribution in [1.82, 2.24) is 10.2 Å². The second kappa shape index (κ2) is 7.05. The van der Waals surface area contributed by atoms with Crippen LogP contribution in [0.5, 0.6) is 0 Å². The molecule has 1 saturated carbocycles. The molecule has 1 aliphatic carbocycles. The maximum absolute atomic E-state index is 5.51. The first-order valence-corrected chi connectivity index (χ1v) is 8.20. The standard InChI is InChI=1S/C16H32N2O/c1-4-8-17-15(13-14-6-5-7-14)16(2,3)18-9-11-19-12-10-18/h14-15,17H,4-13H2,1-3H3. The Morgan fingerprint density at radius 1 is 1.26 bits per heavy atom. The summed E-state index contributed by atoms with van der Waals surface area (Å²) in [6.07, 6.45) is 6.92. The van der Waals surface area contributed by atoms with Gasteiger partial charge in [0.15, 0.2) is 0 Å². The molecular formula is C16H32N2O. The van der Waals surface area contributed by atoms with Gasteiger partial charge in [-0.15, -0.1) is 0 Å². The van der Waals surface area contributed by atoms with E-state index >= 15 is 0 Å². The van der Waals surface area contributed by atoms with Gasteiger partial charge in [0.25, 0.3) is 0 Å². The minimum Gasteiger partial charge on any atom is -0.379 e. The average molecular weight is 268 g/mol. The van der Waals surface area contributed by atoms with Crippen LogP contribution in [0.25, 0.3) is 0 Å². The smallest absolute Gasteiger partial charge is 0.0594 e.